The predicted octanol–water partition coefficient (Wildman–Crippen LogP) is 4.02. The highest BCUT2D eigenvalue weighted by Crippen LogP contribution is 2.47. The van der Waals surface area contributed by atoms with Crippen LogP contribution in [-0.4, -0.2) is 22.0 Å². The van der Waals surface area contributed by atoms with Crippen LogP contribution in [0.1, 0.15) is 25.8 Å². The average Bonchev–Trinajstić information content (AvgIpc) is 2.60. The molecule has 1 aromatic carbocycles. The topological polar surface area (TPSA) is 17.1 Å². The molecule has 18 heavy (non-hydrogen) atoms. The fourth-order valence-corrected chi connectivity index (χ4v) is 5.32. The molecule has 98 valence electrons. The second kappa shape index (κ2) is 5.70. The van der Waals surface area contributed by atoms with Crippen LogP contribution in [0.25, 0.3) is 0 Å². The van der Waals surface area contributed by atoms with Gasteiger partial charge in [-0.05, 0) is 24.7 Å². The molecule has 1 aromatic rings. The highest BCUT2D eigenvalue weighted by molar-refractivity contribution is 8.04. The van der Waals surface area contributed by atoms with E-state index in [2.05, 4.69) is 44.4 Å². The molecule has 0 unspecified atom stereocenters. The van der Waals surface area contributed by atoms with E-state index in [4.69, 9.17) is 0 Å². The van der Waals surface area contributed by atoms with Gasteiger partial charge in [-0.25, -0.2) is 0 Å². The Labute approximate surface area is 118 Å². The van der Waals surface area contributed by atoms with Gasteiger partial charge < -0.3 is 0 Å². The lowest BCUT2D eigenvalue weighted by atomic mass is 10.1. The SMILES string of the molecule is CS[C@]1(C)C(=O)C[C@@H](C)[C@@H]1SCc1ccccc1. The van der Waals surface area contributed by atoms with Crippen LogP contribution in [-0.2, 0) is 10.5 Å². The van der Waals surface area contributed by atoms with Crippen molar-refractivity contribution in [2.24, 2.45) is 5.92 Å². The van der Waals surface area contributed by atoms with Crippen LogP contribution < -0.4 is 0 Å². The largest absolute Gasteiger partial charge is 0.298 e. The van der Waals surface area contributed by atoms with Gasteiger partial charge in [0.2, 0.25) is 0 Å². The summed E-state index contributed by atoms with van der Waals surface area (Å²) in [6.45, 7) is 4.33. The summed E-state index contributed by atoms with van der Waals surface area (Å²) in [4.78, 5) is 12.1. The summed E-state index contributed by atoms with van der Waals surface area (Å²) >= 11 is 3.66. The molecule has 1 aliphatic rings. The number of hydrogen-bond acceptors (Lipinski definition) is 3. The van der Waals surface area contributed by atoms with Crippen LogP contribution in [0.2, 0.25) is 0 Å². The predicted molar refractivity (Wildman–Crippen MR) is 82.2 cm³/mol. The molecule has 0 saturated heterocycles. The maximum atomic E-state index is 12.1. The first-order valence-corrected chi connectivity index (χ1v) is 8.59. The third-order valence-corrected chi connectivity index (χ3v) is 7.09. The zero-order valence-corrected chi connectivity index (χ0v) is 12.8. The van der Waals surface area contributed by atoms with Crippen LogP contribution in [0.15, 0.2) is 30.3 Å². The standard InChI is InChI=1S/C15H20OS2/c1-11-9-13(16)15(2,17-3)14(11)18-10-12-7-5-4-6-8-12/h4-8,11,14H,9-10H2,1-3H3/t11-,14+,15-/m1/s1. The molecule has 1 nitrogen and oxygen atoms in total. The van der Waals surface area contributed by atoms with Crippen molar-refractivity contribution in [1.82, 2.24) is 0 Å². The molecule has 3 heteroatoms. The van der Waals surface area contributed by atoms with E-state index in [1.807, 2.05) is 17.8 Å². The third-order valence-electron chi connectivity index (χ3n) is 3.82. The smallest absolute Gasteiger partial charge is 0.150 e. The van der Waals surface area contributed by atoms with Gasteiger partial charge in [0.25, 0.3) is 0 Å². The molecule has 0 aromatic heterocycles. The molecular weight excluding hydrogens is 260 g/mol. The van der Waals surface area contributed by atoms with Crippen LogP contribution >= 0.6 is 23.5 Å². The molecule has 2 rings (SSSR count). The highest BCUT2D eigenvalue weighted by atomic mass is 32.2. The molecule has 1 aliphatic carbocycles. The Morgan fingerprint density at radius 2 is 2.00 bits per heavy atom. The normalized spacial score (nSPS) is 31.8. The van der Waals surface area contributed by atoms with Gasteiger partial charge in [0, 0.05) is 17.4 Å². The molecule has 0 amide bonds. The zero-order valence-electron chi connectivity index (χ0n) is 11.2. The number of thioether (sulfide) groups is 2. The van der Waals surface area contributed by atoms with E-state index in [-0.39, 0.29) is 4.75 Å². The summed E-state index contributed by atoms with van der Waals surface area (Å²) in [5, 5.41) is 0.431. The number of rotatable bonds is 4. The van der Waals surface area contributed by atoms with Gasteiger partial charge >= 0.3 is 0 Å². The number of carbonyl (C=O) groups excluding carboxylic acids is 1. The van der Waals surface area contributed by atoms with Gasteiger partial charge in [0.15, 0.2) is 0 Å². The summed E-state index contributed by atoms with van der Waals surface area (Å²) in [5.74, 6) is 1.91. The monoisotopic (exact) mass is 280 g/mol. The summed E-state index contributed by atoms with van der Waals surface area (Å²) in [5.41, 5.74) is 1.34. The fraction of sp³-hybridized carbons (Fsp3) is 0.533. The van der Waals surface area contributed by atoms with Crippen molar-refractivity contribution >= 4 is 29.3 Å². The minimum atomic E-state index is -0.196. The van der Waals surface area contributed by atoms with Gasteiger partial charge in [-0.3, -0.25) is 4.79 Å². The second-order valence-electron chi connectivity index (χ2n) is 5.13. The van der Waals surface area contributed by atoms with E-state index >= 15 is 0 Å². The van der Waals surface area contributed by atoms with E-state index in [9.17, 15) is 4.79 Å². The first-order chi connectivity index (χ1) is 8.58. The van der Waals surface area contributed by atoms with Crippen molar-refractivity contribution in [2.75, 3.05) is 6.26 Å². The lowest BCUT2D eigenvalue weighted by Crippen LogP contribution is -2.36. The van der Waals surface area contributed by atoms with Crippen molar-refractivity contribution in [3.8, 4) is 0 Å². The van der Waals surface area contributed by atoms with Gasteiger partial charge in [-0.1, -0.05) is 37.3 Å². The van der Waals surface area contributed by atoms with E-state index in [1.165, 1.54) is 5.56 Å². The second-order valence-corrected chi connectivity index (χ2v) is 7.52. The van der Waals surface area contributed by atoms with Gasteiger partial charge in [-0.15, -0.1) is 11.8 Å². The first-order valence-electron chi connectivity index (χ1n) is 6.32. The van der Waals surface area contributed by atoms with E-state index in [0.717, 1.165) is 12.2 Å². The van der Waals surface area contributed by atoms with E-state index < -0.39 is 0 Å². The molecule has 0 aliphatic heterocycles. The maximum absolute atomic E-state index is 12.1. The van der Waals surface area contributed by atoms with Gasteiger partial charge in [-0.2, -0.15) is 11.8 Å². The van der Waals surface area contributed by atoms with Gasteiger partial charge in [0.05, 0.1) is 4.75 Å². The van der Waals surface area contributed by atoms with Crippen molar-refractivity contribution in [1.29, 1.82) is 0 Å². The quantitative estimate of drug-likeness (QED) is 0.829. The first kappa shape index (κ1) is 14.0. The number of benzene rings is 1. The van der Waals surface area contributed by atoms with Crippen LogP contribution in [0.3, 0.4) is 0 Å². The molecular formula is C15H20OS2. The molecule has 1 fully saturated rings. The van der Waals surface area contributed by atoms with Gasteiger partial charge in [0.1, 0.15) is 5.78 Å². The lowest BCUT2D eigenvalue weighted by Gasteiger charge is -2.29. The van der Waals surface area contributed by atoms with Crippen molar-refractivity contribution < 1.29 is 4.79 Å². The fourth-order valence-electron chi connectivity index (χ4n) is 2.62. The number of carbonyl (C=O) groups is 1. The minimum absolute atomic E-state index is 0.196. The summed E-state index contributed by atoms with van der Waals surface area (Å²) in [6.07, 6.45) is 2.80. The zero-order chi connectivity index (χ0) is 13.2. The molecule has 3 atom stereocenters. The molecule has 0 bridgehead atoms. The Morgan fingerprint density at radius 1 is 1.33 bits per heavy atom. The molecule has 1 saturated carbocycles. The van der Waals surface area contributed by atoms with E-state index in [1.54, 1.807) is 11.8 Å². The highest BCUT2D eigenvalue weighted by Gasteiger charge is 2.49. The Hall–Kier alpha value is -0.410. The molecule has 0 radical (unpaired) electrons. The van der Waals surface area contributed by atoms with Crippen LogP contribution in [0.4, 0.5) is 0 Å². The van der Waals surface area contributed by atoms with Crippen molar-refractivity contribution in [2.45, 2.75) is 36.0 Å². The molecule has 0 spiro atoms. The lowest BCUT2D eigenvalue weighted by molar-refractivity contribution is -0.119. The summed E-state index contributed by atoms with van der Waals surface area (Å²) in [6, 6.07) is 10.5. The summed E-state index contributed by atoms with van der Waals surface area (Å²) in [7, 11) is 0. The van der Waals surface area contributed by atoms with Crippen LogP contribution in [0, 0.1) is 5.92 Å². The van der Waals surface area contributed by atoms with Crippen molar-refractivity contribution in [3.05, 3.63) is 35.9 Å². The number of Topliss-reactive ketones (excluding diaryl/α,β-unsaturated/α-hetero) is 1. The average molecular weight is 280 g/mol. The third kappa shape index (κ3) is 2.62. The Balaban J connectivity index is 2.06. The van der Waals surface area contributed by atoms with Crippen LogP contribution in [0.5, 0.6) is 0 Å². The maximum Gasteiger partial charge on any atom is 0.150 e. The molecule has 0 N–H and O–H groups in total. The minimum Gasteiger partial charge on any atom is -0.298 e. The Kier molecular flexibility index (Phi) is 4.44. The Bertz CT molecular complexity index is 418. The van der Waals surface area contributed by atoms with Crippen molar-refractivity contribution in [3.63, 3.8) is 0 Å². The molecule has 0 heterocycles. The number of ketones is 1. The number of hydrogen-bond donors (Lipinski definition) is 0. The van der Waals surface area contributed by atoms with E-state index in [0.29, 0.717) is 17.0 Å². The Morgan fingerprint density at radius 3 is 2.61 bits per heavy atom. The summed E-state index contributed by atoms with van der Waals surface area (Å²) < 4.78 is -0.196.